The molecule has 0 saturated carbocycles. The molecule has 0 atom stereocenters. The summed E-state index contributed by atoms with van der Waals surface area (Å²) in [6, 6.07) is 9.21. The first-order valence-corrected chi connectivity index (χ1v) is 7.72. The van der Waals surface area contributed by atoms with Gasteiger partial charge in [-0.2, -0.15) is 0 Å². The molecule has 6 heteroatoms. The second-order valence-corrected chi connectivity index (χ2v) is 6.34. The Kier molecular flexibility index (Phi) is 5.07. The Hall–Kier alpha value is -1.04. The standard InChI is InChI=1S/C14H9BrClFO2S/c15-9-1-3-11(14(18)19)13(6-9)20-7-8-5-10(16)2-4-12(8)17/h1-6H,7H2,(H,18,19). The number of carboxylic acid groups (broad SMARTS) is 1. The van der Waals surface area contributed by atoms with Gasteiger partial charge in [-0.1, -0.05) is 27.5 Å². The molecule has 20 heavy (non-hydrogen) atoms. The molecule has 0 heterocycles. The molecule has 0 bridgehead atoms. The van der Waals surface area contributed by atoms with Crippen molar-refractivity contribution in [3.63, 3.8) is 0 Å². The van der Waals surface area contributed by atoms with E-state index < -0.39 is 5.97 Å². The molecule has 2 aromatic carbocycles. The fourth-order valence-electron chi connectivity index (χ4n) is 1.60. The molecule has 0 aliphatic rings. The fourth-order valence-corrected chi connectivity index (χ4v) is 3.36. The molecule has 0 saturated heterocycles. The van der Waals surface area contributed by atoms with Crippen LogP contribution in [0.25, 0.3) is 0 Å². The highest BCUT2D eigenvalue weighted by atomic mass is 79.9. The Morgan fingerprint density at radius 2 is 2.05 bits per heavy atom. The van der Waals surface area contributed by atoms with Crippen molar-refractivity contribution in [2.24, 2.45) is 0 Å². The second kappa shape index (κ2) is 6.61. The maximum atomic E-state index is 13.6. The summed E-state index contributed by atoms with van der Waals surface area (Å²) in [4.78, 5) is 11.7. The van der Waals surface area contributed by atoms with Crippen molar-refractivity contribution in [1.82, 2.24) is 0 Å². The molecule has 0 aromatic heterocycles. The second-order valence-electron chi connectivity index (χ2n) is 3.97. The highest BCUT2D eigenvalue weighted by Crippen LogP contribution is 2.30. The van der Waals surface area contributed by atoms with E-state index in [1.807, 2.05) is 0 Å². The average Bonchev–Trinajstić information content (AvgIpc) is 2.39. The van der Waals surface area contributed by atoms with Gasteiger partial charge in [0, 0.05) is 20.1 Å². The molecule has 0 spiro atoms. The minimum absolute atomic E-state index is 0.195. The largest absolute Gasteiger partial charge is 0.478 e. The van der Waals surface area contributed by atoms with Crippen LogP contribution in [-0.2, 0) is 5.75 Å². The predicted molar refractivity (Wildman–Crippen MR) is 82.1 cm³/mol. The van der Waals surface area contributed by atoms with Crippen LogP contribution in [0.1, 0.15) is 15.9 Å². The van der Waals surface area contributed by atoms with Gasteiger partial charge >= 0.3 is 5.97 Å². The topological polar surface area (TPSA) is 37.3 Å². The third-order valence-electron chi connectivity index (χ3n) is 2.57. The van der Waals surface area contributed by atoms with E-state index >= 15 is 0 Å². The van der Waals surface area contributed by atoms with E-state index in [2.05, 4.69) is 15.9 Å². The van der Waals surface area contributed by atoms with Gasteiger partial charge in [0.2, 0.25) is 0 Å². The minimum atomic E-state index is -1.01. The summed E-state index contributed by atoms with van der Waals surface area (Å²) in [6.07, 6.45) is 0. The van der Waals surface area contributed by atoms with Crippen LogP contribution < -0.4 is 0 Å². The highest BCUT2D eigenvalue weighted by Gasteiger charge is 2.12. The summed E-state index contributed by atoms with van der Waals surface area (Å²) in [5.74, 6) is -1.05. The van der Waals surface area contributed by atoms with Crippen LogP contribution in [0.15, 0.2) is 45.8 Å². The van der Waals surface area contributed by atoms with Crippen molar-refractivity contribution in [2.45, 2.75) is 10.6 Å². The van der Waals surface area contributed by atoms with Gasteiger partial charge < -0.3 is 5.11 Å². The summed E-state index contributed by atoms with van der Waals surface area (Å²) < 4.78 is 14.4. The maximum Gasteiger partial charge on any atom is 0.336 e. The molecule has 2 nitrogen and oxygen atoms in total. The number of carboxylic acids is 1. The van der Waals surface area contributed by atoms with Gasteiger partial charge in [-0.05, 0) is 42.0 Å². The van der Waals surface area contributed by atoms with E-state index in [0.29, 0.717) is 21.2 Å². The lowest BCUT2D eigenvalue weighted by Crippen LogP contribution is -1.99. The number of halogens is 3. The molecule has 0 fully saturated rings. The van der Waals surface area contributed by atoms with E-state index in [4.69, 9.17) is 16.7 Å². The average molecular weight is 376 g/mol. The van der Waals surface area contributed by atoms with Gasteiger partial charge in [0.15, 0.2) is 0 Å². The van der Waals surface area contributed by atoms with Gasteiger partial charge in [0.25, 0.3) is 0 Å². The van der Waals surface area contributed by atoms with Crippen LogP contribution in [0.3, 0.4) is 0 Å². The number of carbonyl (C=O) groups is 1. The third-order valence-corrected chi connectivity index (χ3v) is 4.40. The van der Waals surface area contributed by atoms with E-state index in [1.54, 1.807) is 18.2 Å². The molecule has 0 aliphatic carbocycles. The fraction of sp³-hybridized carbons (Fsp3) is 0.0714. The maximum absolute atomic E-state index is 13.6. The van der Waals surface area contributed by atoms with E-state index in [-0.39, 0.29) is 11.4 Å². The smallest absolute Gasteiger partial charge is 0.336 e. The molecule has 0 unspecified atom stereocenters. The van der Waals surface area contributed by atoms with Gasteiger partial charge in [-0.15, -0.1) is 11.8 Å². The first-order chi connectivity index (χ1) is 9.47. The lowest BCUT2D eigenvalue weighted by Gasteiger charge is -2.08. The number of hydrogen-bond acceptors (Lipinski definition) is 2. The number of thioether (sulfide) groups is 1. The Morgan fingerprint density at radius 3 is 2.75 bits per heavy atom. The quantitative estimate of drug-likeness (QED) is 0.743. The van der Waals surface area contributed by atoms with Gasteiger partial charge in [-0.3, -0.25) is 0 Å². The zero-order valence-electron chi connectivity index (χ0n) is 10.1. The van der Waals surface area contributed by atoms with Crippen molar-refractivity contribution in [3.05, 3.63) is 62.8 Å². The summed E-state index contributed by atoms with van der Waals surface area (Å²) in [5.41, 5.74) is 0.638. The number of hydrogen-bond donors (Lipinski definition) is 1. The van der Waals surface area contributed by atoms with Gasteiger partial charge in [0.1, 0.15) is 5.82 Å². The summed E-state index contributed by atoms with van der Waals surface area (Å²) in [7, 11) is 0. The van der Waals surface area contributed by atoms with Crippen molar-refractivity contribution in [3.8, 4) is 0 Å². The summed E-state index contributed by atoms with van der Waals surface area (Å²) in [5, 5.41) is 9.58. The first kappa shape index (κ1) is 15.4. The van der Waals surface area contributed by atoms with Crippen LogP contribution in [0.5, 0.6) is 0 Å². The summed E-state index contributed by atoms with van der Waals surface area (Å²) >= 11 is 10.4. The highest BCUT2D eigenvalue weighted by molar-refractivity contribution is 9.10. The normalized spacial score (nSPS) is 10.6. The molecular formula is C14H9BrClFO2S. The SMILES string of the molecule is O=C(O)c1ccc(Br)cc1SCc1cc(Cl)ccc1F. The first-order valence-electron chi connectivity index (χ1n) is 5.57. The molecule has 2 rings (SSSR count). The molecule has 2 aromatic rings. The minimum Gasteiger partial charge on any atom is -0.478 e. The molecule has 0 radical (unpaired) electrons. The Labute approximate surface area is 133 Å². The Bertz CT molecular complexity index is 664. The Morgan fingerprint density at radius 1 is 1.30 bits per heavy atom. The van der Waals surface area contributed by atoms with Crippen LogP contribution >= 0.6 is 39.3 Å². The molecule has 0 aliphatic heterocycles. The lowest BCUT2D eigenvalue weighted by molar-refractivity contribution is 0.0693. The van der Waals surface area contributed by atoms with Crippen molar-refractivity contribution in [1.29, 1.82) is 0 Å². The van der Waals surface area contributed by atoms with Crippen LogP contribution in [0, 0.1) is 5.82 Å². The molecular weight excluding hydrogens is 367 g/mol. The molecule has 104 valence electrons. The van der Waals surface area contributed by atoms with E-state index in [0.717, 1.165) is 4.47 Å². The predicted octanol–water partition coefficient (Wildman–Crippen LogP) is 5.23. The number of rotatable bonds is 4. The van der Waals surface area contributed by atoms with Crippen LogP contribution in [0.4, 0.5) is 4.39 Å². The Balaban J connectivity index is 2.24. The van der Waals surface area contributed by atoms with Crippen molar-refractivity contribution < 1.29 is 14.3 Å². The van der Waals surface area contributed by atoms with Crippen molar-refractivity contribution >= 4 is 45.3 Å². The monoisotopic (exact) mass is 374 g/mol. The zero-order chi connectivity index (χ0) is 14.7. The van der Waals surface area contributed by atoms with E-state index in [9.17, 15) is 9.18 Å². The molecule has 0 amide bonds. The van der Waals surface area contributed by atoms with Gasteiger partial charge in [0.05, 0.1) is 5.56 Å². The zero-order valence-corrected chi connectivity index (χ0v) is 13.2. The van der Waals surface area contributed by atoms with Crippen LogP contribution in [-0.4, -0.2) is 11.1 Å². The summed E-state index contributed by atoms with van der Waals surface area (Å²) in [6.45, 7) is 0. The number of aromatic carboxylic acids is 1. The lowest BCUT2D eigenvalue weighted by atomic mass is 10.2. The number of benzene rings is 2. The third kappa shape index (κ3) is 3.75. The van der Waals surface area contributed by atoms with Crippen molar-refractivity contribution in [2.75, 3.05) is 0 Å². The molecule has 1 N–H and O–H groups in total. The van der Waals surface area contributed by atoms with E-state index in [1.165, 1.54) is 30.0 Å². The van der Waals surface area contributed by atoms with Crippen LogP contribution in [0.2, 0.25) is 5.02 Å². The van der Waals surface area contributed by atoms with Gasteiger partial charge in [-0.25, -0.2) is 9.18 Å².